The summed E-state index contributed by atoms with van der Waals surface area (Å²) in [6.45, 7) is 3.13. The van der Waals surface area contributed by atoms with Crippen LogP contribution in [0.25, 0.3) is 0 Å². The van der Waals surface area contributed by atoms with Gasteiger partial charge in [0.05, 0.1) is 64.2 Å². The van der Waals surface area contributed by atoms with Crippen molar-refractivity contribution in [2.75, 3.05) is 89.9 Å². The summed E-state index contributed by atoms with van der Waals surface area (Å²) in [6.07, 6.45) is 0. The molecule has 0 fully saturated rings. The minimum atomic E-state index is -0.460. The Morgan fingerprint density at radius 3 is 1.07 bits per heavy atom. The molecule has 4 aromatic carbocycles. The van der Waals surface area contributed by atoms with Gasteiger partial charge in [-0.15, -0.1) is 0 Å². The number of anilines is 2. The Hall–Kier alpha value is -6.72. The van der Waals surface area contributed by atoms with Gasteiger partial charge in [0.1, 0.15) is 72.2 Å². The zero-order valence-corrected chi connectivity index (χ0v) is 32.6. The summed E-state index contributed by atoms with van der Waals surface area (Å²) >= 11 is 0. The molecule has 6 aliphatic rings. The third kappa shape index (κ3) is 10.5. The minimum Gasteiger partial charge on any atom is -0.504 e. The maximum absolute atomic E-state index is 13.1. The largest absolute Gasteiger partial charge is 0.504 e. The minimum absolute atomic E-state index is 0.000897. The van der Waals surface area contributed by atoms with Crippen LogP contribution in [0.5, 0.6) is 23.0 Å². The summed E-state index contributed by atoms with van der Waals surface area (Å²) in [4.78, 5) is 35.0. The molecule has 16 nitrogen and oxygen atoms in total. The predicted octanol–water partition coefficient (Wildman–Crippen LogP) is 6.06. The number of nitrogens with one attached hydrogen (secondary N) is 2. The molecule has 2 aliphatic carbocycles. The number of ether oxygens (including phenoxy) is 8. The van der Waals surface area contributed by atoms with Crippen LogP contribution in [0.3, 0.4) is 0 Å². The van der Waals surface area contributed by atoms with Gasteiger partial charge in [0.2, 0.25) is 11.6 Å². The molecule has 0 atom stereocenters. The molecule has 0 unspecified atom stereocenters. The third-order valence-electron chi connectivity index (χ3n) is 8.98. The lowest BCUT2D eigenvalue weighted by atomic mass is 9.97. The van der Waals surface area contributed by atoms with E-state index in [2.05, 4.69) is 20.6 Å². The number of ketones is 2. The molecule has 0 saturated heterocycles. The fourth-order valence-electron chi connectivity index (χ4n) is 5.95. The average molecular weight is 821 g/mol. The van der Waals surface area contributed by atoms with Gasteiger partial charge in [-0.1, -0.05) is 48.5 Å². The highest BCUT2D eigenvalue weighted by Crippen LogP contribution is 2.35. The number of nitrogens with zero attached hydrogens (tertiary/aromatic N) is 2. The molecule has 16 heteroatoms. The smallest absolute Gasteiger partial charge is 0.235 e. The number of aliphatic hydroxyl groups is 2. The number of aliphatic imine (C=N–C) groups is 2. The van der Waals surface area contributed by atoms with Crippen LogP contribution in [0.2, 0.25) is 0 Å². The number of benzene rings is 4. The second-order valence-electron chi connectivity index (χ2n) is 13.0. The van der Waals surface area contributed by atoms with Crippen LogP contribution < -0.4 is 29.6 Å². The van der Waals surface area contributed by atoms with E-state index in [1.807, 2.05) is 0 Å². The predicted molar refractivity (Wildman–Crippen MR) is 222 cm³/mol. The van der Waals surface area contributed by atoms with Gasteiger partial charge in [0.15, 0.2) is 22.9 Å². The van der Waals surface area contributed by atoms with E-state index in [9.17, 15) is 19.8 Å². The van der Waals surface area contributed by atoms with Crippen molar-refractivity contribution in [1.29, 1.82) is 0 Å². The Bertz CT molecular complexity index is 2130. The van der Waals surface area contributed by atoms with Gasteiger partial charge < -0.3 is 58.7 Å². The van der Waals surface area contributed by atoms with Crippen molar-refractivity contribution in [2.45, 2.75) is 0 Å². The van der Waals surface area contributed by atoms with Gasteiger partial charge in [-0.3, -0.25) is 9.59 Å². The standard InChI is InChI=1S/C44H44N4O12/c49-41-37-42(50)38(41)46-30-10-2-6-14-34(30)58-26-23-55-19-20-56-24-28-60-36-16-8-4-12-32(36)48-40-43(51)39(44(40)52)47-31-11-3-7-15-35(31)59-27-22-54-18-17-53-21-25-57-33-13-5-1-9-29(33)45-37/h1-16,45,48-49,51H,17-28H2. The first-order chi connectivity index (χ1) is 29.5. The quantitative estimate of drug-likeness (QED) is 0.160. The van der Waals surface area contributed by atoms with Crippen molar-refractivity contribution >= 4 is 45.7 Å². The second kappa shape index (κ2) is 20.8. The van der Waals surface area contributed by atoms with Gasteiger partial charge in [0.25, 0.3) is 0 Å². The lowest BCUT2D eigenvalue weighted by molar-refractivity contribution is -0.111. The Morgan fingerprint density at radius 1 is 0.400 bits per heavy atom. The molecule has 4 bridgehead atoms. The molecule has 4 N–H and O–H groups in total. The SMILES string of the molecule is O=C1C2=Nc3ccccc3OCCOCCOCCOc3ccccc3NC3=C(O)C(=Nc4ccccc4OCCOCCOCCOc4ccccc4NC1=C2O)C3=O. The molecular formula is C44H44N4O12. The number of Topliss-reactive ketones (excluding diaryl/α,β-unsaturated/α-hetero) is 2. The van der Waals surface area contributed by atoms with E-state index in [4.69, 9.17) is 37.9 Å². The highest BCUT2D eigenvalue weighted by Gasteiger charge is 2.38. The molecule has 0 radical (unpaired) electrons. The van der Waals surface area contributed by atoms with Crippen LogP contribution in [-0.4, -0.2) is 112 Å². The van der Waals surface area contributed by atoms with Gasteiger partial charge in [-0.25, -0.2) is 9.98 Å². The van der Waals surface area contributed by atoms with Gasteiger partial charge in [-0.2, -0.15) is 0 Å². The Labute approximate surface area is 345 Å². The number of para-hydroxylation sites is 8. The topological polar surface area (TPSA) is 197 Å². The van der Waals surface area contributed by atoms with Crippen LogP contribution in [0.4, 0.5) is 22.7 Å². The van der Waals surface area contributed by atoms with Crippen molar-refractivity contribution in [3.05, 3.63) is 120 Å². The van der Waals surface area contributed by atoms with Crippen molar-refractivity contribution in [3.8, 4) is 23.0 Å². The highest BCUT2D eigenvalue weighted by atomic mass is 16.6. The summed E-state index contributed by atoms with van der Waals surface area (Å²) in [5, 5.41) is 27.6. The number of rotatable bonds is 0. The summed E-state index contributed by atoms with van der Waals surface area (Å²) in [7, 11) is 0. The van der Waals surface area contributed by atoms with Gasteiger partial charge >= 0.3 is 0 Å². The third-order valence-corrected chi connectivity index (χ3v) is 8.98. The first-order valence-electron chi connectivity index (χ1n) is 19.3. The molecule has 4 aliphatic heterocycles. The van der Waals surface area contributed by atoms with Crippen LogP contribution >= 0.6 is 0 Å². The van der Waals surface area contributed by atoms with E-state index in [-0.39, 0.29) is 87.2 Å². The molecule has 4 heterocycles. The molecule has 0 saturated carbocycles. The molecule has 0 aromatic heterocycles. The zero-order chi connectivity index (χ0) is 41.5. The molecule has 4 aromatic rings. The van der Waals surface area contributed by atoms with E-state index in [1.54, 1.807) is 97.1 Å². The number of allylic oxidation sites excluding steroid dienone is 4. The molecular weight excluding hydrogens is 776 g/mol. The van der Waals surface area contributed by atoms with E-state index in [1.165, 1.54) is 0 Å². The molecule has 312 valence electrons. The first-order valence-corrected chi connectivity index (χ1v) is 19.3. The molecule has 10 rings (SSSR count). The summed E-state index contributed by atoms with van der Waals surface area (Å²) in [6, 6.07) is 27.9. The Kier molecular flexibility index (Phi) is 14.4. The summed E-state index contributed by atoms with van der Waals surface area (Å²) < 4.78 is 46.2. The van der Waals surface area contributed by atoms with Crippen molar-refractivity contribution < 1.29 is 57.7 Å². The Balaban J connectivity index is 0.982. The molecule has 60 heavy (non-hydrogen) atoms. The maximum Gasteiger partial charge on any atom is 0.235 e. The van der Waals surface area contributed by atoms with E-state index < -0.39 is 11.6 Å². The van der Waals surface area contributed by atoms with Crippen LogP contribution in [0, 0.1) is 0 Å². The van der Waals surface area contributed by atoms with Crippen LogP contribution in [0.1, 0.15) is 0 Å². The van der Waals surface area contributed by atoms with Crippen LogP contribution in [-0.2, 0) is 28.5 Å². The van der Waals surface area contributed by atoms with Crippen molar-refractivity contribution in [2.24, 2.45) is 9.98 Å². The zero-order valence-electron chi connectivity index (χ0n) is 32.6. The number of hydrogen-bond donors (Lipinski definition) is 4. The summed E-state index contributed by atoms with van der Waals surface area (Å²) in [5.74, 6) is 0.300. The lowest BCUT2D eigenvalue weighted by Gasteiger charge is -2.22. The lowest BCUT2D eigenvalue weighted by Crippen LogP contribution is -2.35. The fraction of sp³-hybridized carbons (Fsp3) is 0.273. The maximum atomic E-state index is 13.1. The van der Waals surface area contributed by atoms with Crippen molar-refractivity contribution in [1.82, 2.24) is 0 Å². The average Bonchev–Trinajstić information content (AvgIpc) is 3.28. The Morgan fingerprint density at radius 2 is 0.700 bits per heavy atom. The monoisotopic (exact) mass is 820 g/mol. The van der Waals surface area contributed by atoms with E-state index in [0.29, 0.717) is 72.2 Å². The number of aliphatic hydroxyl groups excluding tert-OH is 2. The number of carbonyl (C=O) groups excluding carboxylic acids is 2. The van der Waals surface area contributed by atoms with Gasteiger partial charge in [0, 0.05) is 0 Å². The first kappa shape index (κ1) is 41.4. The van der Waals surface area contributed by atoms with Crippen molar-refractivity contribution in [3.63, 3.8) is 0 Å². The highest BCUT2D eigenvalue weighted by molar-refractivity contribution is 6.59. The van der Waals surface area contributed by atoms with Crippen LogP contribution in [0.15, 0.2) is 130 Å². The van der Waals surface area contributed by atoms with E-state index >= 15 is 0 Å². The number of hydrogen-bond acceptors (Lipinski definition) is 16. The van der Waals surface area contributed by atoms with Gasteiger partial charge in [-0.05, 0) is 48.5 Å². The number of carbonyl (C=O) groups is 2. The second-order valence-corrected chi connectivity index (χ2v) is 13.0. The molecule has 0 amide bonds. The molecule has 0 spiro atoms. The summed E-state index contributed by atoms with van der Waals surface area (Å²) in [5.41, 5.74) is 1.53. The normalized spacial score (nSPS) is 18.0. The van der Waals surface area contributed by atoms with E-state index in [0.717, 1.165) is 0 Å². The fourth-order valence-corrected chi connectivity index (χ4v) is 5.95.